The minimum atomic E-state index is 0.415. The van der Waals surface area contributed by atoms with Crippen LogP contribution in [0.25, 0.3) is 0 Å². The summed E-state index contributed by atoms with van der Waals surface area (Å²) in [4.78, 5) is 7.08. The lowest BCUT2D eigenvalue weighted by atomic mass is 10.1. The summed E-state index contributed by atoms with van der Waals surface area (Å²) in [6.45, 7) is 10.9. The molecule has 0 radical (unpaired) electrons. The Balaban J connectivity index is 1.57. The van der Waals surface area contributed by atoms with Crippen molar-refractivity contribution in [2.45, 2.75) is 45.8 Å². The number of benzene rings is 1. The van der Waals surface area contributed by atoms with E-state index in [4.69, 9.17) is 4.74 Å². The number of hydrogen-bond donors (Lipinski definition) is 2. The minimum Gasteiger partial charge on any atom is -0.378 e. The van der Waals surface area contributed by atoms with Gasteiger partial charge in [-0.3, -0.25) is 9.89 Å². The van der Waals surface area contributed by atoms with Gasteiger partial charge in [0.25, 0.3) is 0 Å². The monoisotopic (exact) mass is 346 g/mol. The van der Waals surface area contributed by atoms with Crippen LogP contribution in [0.2, 0.25) is 0 Å². The van der Waals surface area contributed by atoms with Crippen LogP contribution in [0.15, 0.2) is 35.3 Å². The van der Waals surface area contributed by atoms with Crippen LogP contribution in [-0.4, -0.2) is 56.3 Å². The number of rotatable bonds is 9. The highest BCUT2D eigenvalue weighted by Gasteiger charge is 2.19. The van der Waals surface area contributed by atoms with Crippen LogP contribution in [0.5, 0.6) is 0 Å². The maximum atomic E-state index is 6.05. The van der Waals surface area contributed by atoms with Gasteiger partial charge in [0.05, 0.1) is 6.10 Å². The second-order valence-corrected chi connectivity index (χ2v) is 6.48. The van der Waals surface area contributed by atoms with Gasteiger partial charge in [-0.05, 0) is 38.7 Å². The van der Waals surface area contributed by atoms with Gasteiger partial charge in [0, 0.05) is 45.9 Å². The molecule has 0 unspecified atom stereocenters. The van der Waals surface area contributed by atoms with Crippen molar-refractivity contribution in [2.75, 3.05) is 39.3 Å². The van der Waals surface area contributed by atoms with Crippen LogP contribution in [-0.2, 0) is 11.3 Å². The van der Waals surface area contributed by atoms with Crippen molar-refractivity contribution in [3.8, 4) is 0 Å². The third-order valence-corrected chi connectivity index (χ3v) is 4.40. The Labute approximate surface area is 152 Å². The number of nitrogens with zero attached hydrogens (tertiary/aromatic N) is 2. The number of nitrogens with one attached hydrogen (secondary N) is 2. The zero-order valence-electron chi connectivity index (χ0n) is 15.8. The van der Waals surface area contributed by atoms with E-state index in [1.807, 2.05) is 0 Å². The molecule has 0 amide bonds. The quantitative estimate of drug-likeness (QED) is 0.410. The van der Waals surface area contributed by atoms with Gasteiger partial charge in [0.1, 0.15) is 0 Å². The molecule has 0 spiro atoms. The van der Waals surface area contributed by atoms with Crippen LogP contribution in [0.1, 0.15) is 38.7 Å². The van der Waals surface area contributed by atoms with Crippen molar-refractivity contribution in [1.82, 2.24) is 15.5 Å². The van der Waals surface area contributed by atoms with E-state index in [9.17, 15) is 0 Å². The lowest BCUT2D eigenvalue weighted by molar-refractivity contribution is 0.00566. The summed E-state index contributed by atoms with van der Waals surface area (Å²) in [5.74, 6) is 0.902. The molecular weight excluding hydrogens is 312 g/mol. The fourth-order valence-electron chi connectivity index (χ4n) is 3.09. The maximum Gasteiger partial charge on any atom is 0.191 e. The zero-order chi connectivity index (χ0) is 17.7. The number of aliphatic imine (C=N–C) groups is 1. The van der Waals surface area contributed by atoms with E-state index >= 15 is 0 Å². The van der Waals surface area contributed by atoms with Gasteiger partial charge in [-0.25, -0.2) is 0 Å². The largest absolute Gasteiger partial charge is 0.378 e. The molecule has 25 heavy (non-hydrogen) atoms. The fourth-order valence-corrected chi connectivity index (χ4v) is 3.09. The minimum absolute atomic E-state index is 0.415. The zero-order valence-corrected chi connectivity index (χ0v) is 15.8. The molecule has 0 aliphatic carbocycles. The molecule has 0 bridgehead atoms. The predicted octanol–water partition coefficient (Wildman–Crippen LogP) is 2.63. The van der Waals surface area contributed by atoms with Gasteiger partial charge in [0.2, 0.25) is 0 Å². The third-order valence-electron chi connectivity index (χ3n) is 4.40. The summed E-state index contributed by atoms with van der Waals surface area (Å²) in [7, 11) is 0. The Morgan fingerprint density at radius 1 is 1.12 bits per heavy atom. The fraction of sp³-hybridized carbons (Fsp3) is 0.650. The molecule has 1 aliphatic heterocycles. The second-order valence-electron chi connectivity index (χ2n) is 6.48. The Kier molecular flexibility index (Phi) is 9.37. The summed E-state index contributed by atoms with van der Waals surface area (Å²) in [6.07, 6.45) is 3.66. The van der Waals surface area contributed by atoms with E-state index in [2.05, 4.69) is 64.7 Å². The first-order valence-electron chi connectivity index (χ1n) is 9.71. The lowest BCUT2D eigenvalue weighted by Gasteiger charge is -2.31. The molecule has 140 valence electrons. The lowest BCUT2D eigenvalue weighted by Crippen LogP contribution is -2.37. The molecule has 1 fully saturated rings. The molecular formula is C20H34N4O. The van der Waals surface area contributed by atoms with E-state index in [1.54, 1.807) is 0 Å². The molecule has 5 heteroatoms. The molecule has 1 saturated heterocycles. The average molecular weight is 347 g/mol. The van der Waals surface area contributed by atoms with Crippen LogP contribution < -0.4 is 10.6 Å². The number of hydrogen-bond acceptors (Lipinski definition) is 3. The first-order chi connectivity index (χ1) is 12.3. The second kappa shape index (κ2) is 11.9. The smallest absolute Gasteiger partial charge is 0.191 e. The third kappa shape index (κ3) is 7.88. The van der Waals surface area contributed by atoms with Gasteiger partial charge in [-0.2, -0.15) is 0 Å². The molecule has 1 aromatic carbocycles. The number of ether oxygens (including phenoxy) is 1. The van der Waals surface area contributed by atoms with Crippen molar-refractivity contribution in [3.05, 3.63) is 35.9 Å². The van der Waals surface area contributed by atoms with Crippen molar-refractivity contribution >= 4 is 5.96 Å². The molecule has 1 aromatic rings. The SMILES string of the molecule is CCNC(=NCCCOC1CCN(Cc2ccccc2)CC1)NCC. The highest BCUT2D eigenvalue weighted by Crippen LogP contribution is 2.16. The van der Waals surface area contributed by atoms with Crippen molar-refractivity contribution in [3.63, 3.8) is 0 Å². The Morgan fingerprint density at radius 3 is 2.44 bits per heavy atom. The van der Waals surface area contributed by atoms with E-state index in [1.165, 1.54) is 5.56 Å². The first kappa shape index (κ1) is 19.7. The van der Waals surface area contributed by atoms with Crippen molar-refractivity contribution in [1.29, 1.82) is 0 Å². The molecule has 0 saturated carbocycles. The molecule has 2 N–H and O–H groups in total. The summed E-state index contributed by atoms with van der Waals surface area (Å²) < 4.78 is 6.05. The van der Waals surface area contributed by atoms with Gasteiger partial charge < -0.3 is 15.4 Å². The van der Waals surface area contributed by atoms with Gasteiger partial charge >= 0.3 is 0 Å². The van der Waals surface area contributed by atoms with Crippen molar-refractivity contribution < 1.29 is 4.74 Å². The Morgan fingerprint density at radius 2 is 1.80 bits per heavy atom. The van der Waals surface area contributed by atoms with E-state index < -0.39 is 0 Å². The molecule has 5 nitrogen and oxygen atoms in total. The van der Waals surface area contributed by atoms with Gasteiger partial charge in [0.15, 0.2) is 5.96 Å². The molecule has 1 heterocycles. The summed E-state index contributed by atoms with van der Waals surface area (Å²) in [5, 5.41) is 6.48. The summed E-state index contributed by atoms with van der Waals surface area (Å²) in [5.41, 5.74) is 1.40. The molecule has 1 aliphatic rings. The topological polar surface area (TPSA) is 48.9 Å². The number of likely N-dealkylation sites (tertiary alicyclic amines) is 1. The normalized spacial score (nSPS) is 15.8. The van der Waals surface area contributed by atoms with Gasteiger partial charge in [-0.1, -0.05) is 30.3 Å². The number of guanidine groups is 1. The highest BCUT2D eigenvalue weighted by molar-refractivity contribution is 5.79. The number of piperidine rings is 1. The van der Waals surface area contributed by atoms with E-state index in [0.717, 1.165) is 71.1 Å². The molecule has 2 rings (SSSR count). The van der Waals surface area contributed by atoms with E-state index in [0.29, 0.717) is 6.10 Å². The Bertz CT molecular complexity index is 476. The van der Waals surface area contributed by atoms with Gasteiger partial charge in [-0.15, -0.1) is 0 Å². The molecule has 0 aromatic heterocycles. The summed E-state index contributed by atoms with van der Waals surface area (Å²) in [6, 6.07) is 10.7. The molecule has 0 atom stereocenters. The Hall–Kier alpha value is -1.59. The first-order valence-corrected chi connectivity index (χ1v) is 9.71. The maximum absolute atomic E-state index is 6.05. The van der Waals surface area contributed by atoms with Crippen LogP contribution in [0, 0.1) is 0 Å². The average Bonchev–Trinajstić information content (AvgIpc) is 2.64. The van der Waals surface area contributed by atoms with Crippen LogP contribution in [0.4, 0.5) is 0 Å². The van der Waals surface area contributed by atoms with Crippen molar-refractivity contribution in [2.24, 2.45) is 4.99 Å². The highest BCUT2D eigenvalue weighted by atomic mass is 16.5. The standard InChI is InChI=1S/C20H34N4O/c1-3-21-20(22-4-2)23-13-8-16-25-19-11-14-24(15-12-19)17-18-9-6-5-7-10-18/h5-7,9-10,19H,3-4,8,11-17H2,1-2H3,(H2,21,22,23). The summed E-state index contributed by atoms with van der Waals surface area (Å²) >= 11 is 0. The van der Waals surface area contributed by atoms with Crippen LogP contribution in [0.3, 0.4) is 0 Å². The predicted molar refractivity (Wildman–Crippen MR) is 105 cm³/mol. The van der Waals surface area contributed by atoms with Crippen LogP contribution >= 0.6 is 0 Å². The van der Waals surface area contributed by atoms with E-state index in [-0.39, 0.29) is 0 Å².